The van der Waals surface area contributed by atoms with Gasteiger partial charge in [0.2, 0.25) is 10.0 Å². The van der Waals surface area contributed by atoms with Gasteiger partial charge in [0.25, 0.3) is 0 Å². The van der Waals surface area contributed by atoms with Crippen molar-refractivity contribution in [2.75, 3.05) is 13.1 Å². The van der Waals surface area contributed by atoms with E-state index >= 15 is 0 Å². The topological polar surface area (TPSA) is 87.2 Å². The second-order valence-electron chi connectivity index (χ2n) is 4.38. The third-order valence-electron chi connectivity index (χ3n) is 2.10. The first kappa shape index (κ1) is 14.4. The van der Waals surface area contributed by atoms with Gasteiger partial charge in [-0.1, -0.05) is 6.92 Å². The first-order valence-corrected chi connectivity index (χ1v) is 6.39. The van der Waals surface area contributed by atoms with Crippen LogP contribution in [0.5, 0.6) is 0 Å². The van der Waals surface area contributed by atoms with Crippen molar-refractivity contribution in [3.05, 3.63) is 0 Å². The number of amidine groups is 1. The maximum Gasteiger partial charge on any atom is 0.219 e. The van der Waals surface area contributed by atoms with E-state index in [0.29, 0.717) is 6.54 Å². The van der Waals surface area contributed by atoms with Crippen molar-refractivity contribution >= 4 is 15.9 Å². The highest BCUT2D eigenvalue weighted by Gasteiger charge is 2.34. The summed E-state index contributed by atoms with van der Waals surface area (Å²) < 4.78 is 24.6. The fourth-order valence-electron chi connectivity index (χ4n) is 1.08. The van der Waals surface area contributed by atoms with Crippen LogP contribution >= 0.6 is 0 Å². The van der Waals surface area contributed by atoms with Crippen molar-refractivity contribution in [2.45, 2.75) is 38.9 Å². The molecule has 0 radical (unpaired) electrons. The highest BCUT2D eigenvalue weighted by molar-refractivity contribution is 7.90. The Morgan fingerprint density at radius 2 is 1.87 bits per heavy atom. The first-order valence-electron chi connectivity index (χ1n) is 4.95. The van der Waals surface area contributed by atoms with Crippen LogP contribution in [-0.4, -0.2) is 36.4 Å². The van der Waals surface area contributed by atoms with Gasteiger partial charge in [-0.3, -0.25) is 5.41 Å². The molecule has 5 nitrogen and oxygen atoms in total. The third kappa shape index (κ3) is 3.79. The van der Waals surface area contributed by atoms with Gasteiger partial charge in [-0.05, 0) is 20.8 Å². The van der Waals surface area contributed by atoms with Crippen molar-refractivity contribution in [3.8, 4) is 0 Å². The summed E-state index contributed by atoms with van der Waals surface area (Å²) in [4.78, 5) is 0. The Morgan fingerprint density at radius 1 is 1.40 bits per heavy atom. The van der Waals surface area contributed by atoms with Crippen LogP contribution in [0.25, 0.3) is 0 Å². The zero-order valence-corrected chi connectivity index (χ0v) is 10.7. The molecular formula is C9H21N3O2S. The average Bonchev–Trinajstić information content (AvgIpc) is 2.02. The normalized spacial score (nSPS) is 13.1. The summed E-state index contributed by atoms with van der Waals surface area (Å²) in [6.45, 7) is 7.47. The van der Waals surface area contributed by atoms with Crippen LogP contribution in [0.15, 0.2) is 0 Å². The quantitative estimate of drug-likeness (QED) is 0.545. The fourth-order valence-corrected chi connectivity index (χ4v) is 2.53. The first-order chi connectivity index (χ1) is 6.63. The molecule has 0 aliphatic carbocycles. The van der Waals surface area contributed by atoms with E-state index in [-0.39, 0.29) is 18.8 Å². The Morgan fingerprint density at radius 3 is 2.13 bits per heavy atom. The van der Waals surface area contributed by atoms with E-state index in [4.69, 9.17) is 11.1 Å². The summed E-state index contributed by atoms with van der Waals surface area (Å²) in [7, 11) is -3.30. The van der Waals surface area contributed by atoms with Crippen LogP contribution in [0, 0.1) is 5.41 Å². The van der Waals surface area contributed by atoms with Gasteiger partial charge in [-0.25, -0.2) is 12.7 Å². The van der Waals surface area contributed by atoms with Gasteiger partial charge < -0.3 is 5.73 Å². The number of sulfonamides is 1. The van der Waals surface area contributed by atoms with E-state index in [1.54, 1.807) is 27.7 Å². The molecule has 0 heterocycles. The highest BCUT2D eigenvalue weighted by Crippen LogP contribution is 2.19. The summed E-state index contributed by atoms with van der Waals surface area (Å²) in [5.41, 5.74) is 5.21. The van der Waals surface area contributed by atoms with Crippen molar-refractivity contribution in [1.82, 2.24) is 4.31 Å². The Labute approximate surface area is 92.2 Å². The van der Waals surface area contributed by atoms with E-state index in [0.717, 1.165) is 0 Å². The molecule has 0 atom stereocenters. The van der Waals surface area contributed by atoms with Crippen molar-refractivity contribution in [3.63, 3.8) is 0 Å². The van der Waals surface area contributed by atoms with Crippen molar-refractivity contribution in [2.24, 2.45) is 5.73 Å². The molecule has 15 heavy (non-hydrogen) atoms. The second kappa shape index (κ2) is 4.94. The summed E-state index contributed by atoms with van der Waals surface area (Å²) in [6.07, 6.45) is 0.281. The Kier molecular flexibility index (Phi) is 4.73. The minimum Gasteiger partial charge on any atom is -0.388 e. The Balaban J connectivity index is 4.76. The number of nitrogens with one attached hydrogen (secondary N) is 1. The lowest BCUT2D eigenvalue weighted by Crippen LogP contribution is -2.44. The van der Waals surface area contributed by atoms with Crippen LogP contribution in [0.1, 0.15) is 34.1 Å². The maximum atomic E-state index is 12.0. The molecule has 90 valence electrons. The van der Waals surface area contributed by atoms with Crippen LogP contribution < -0.4 is 5.73 Å². The zero-order valence-electron chi connectivity index (χ0n) is 9.87. The Hall–Kier alpha value is -0.620. The molecule has 0 saturated heterocycles. The van der Waals surface area contributed by atoms with Gasteiger partial charge in [0.15, 0.2) is 0 Å². The molecule has 0 aliphatic rings. The number of hydrogen-bond donors (Lipinski definition) is 2. The van der Waals surface area contributed by atoms with E-state index < -0.39 is 14.8 Å². The van der Waals surface area contributed by atoms with E-state index in [9.17, 15) is 8.42 Å². The molecule has 0 unspecified atom stereocenters. The zero-order chi connectivity index (χ0) is 12.3. The van der Waals surface area contributed by atoms with E-state index in [1.807, 2.05) is 0 Å². The van der Waals surface area contributed by atoms with Crippen LogP contribution in [0.4, 0.5) is 0 Å². The van der Waals surface area contributed by atoms with Gasteiger partial charge >= 0.3 is 0 Å². The van der Waals surface area contributed by atoms with Gasteiger partial charge in [0, 0.05) is 19.5 Å². The molecule has 0 amide bonds. The lowest BCUT2D eigenvalue weighted by atomic mass is 10.3. The van der Waals surface area contributed by atoms with Crippen LogP contribution in [-0.2, 0) is 10.0 Å². The summed E-state index contributed by atoms with van der Waals surface area (Å²) >= 11 is 0. The maximum absolute atomic E-state index is 12.0. The van der Waals surface area contributed by atoms with E-state index in [2.05, 4.69) is 0 Å². The van der Waals surface area contributed by atoms with Crippen molar-refractivity contribution < 1.29 is 8.42 Å². The molecule has 0 aromatic carbocycles. The molecule has 0 aromatic heterocycles. The molecule has 0 fully saturated rings. The molecular weight excluding hydrogens is 214 g/mol. The van der Waals surface area contributed by atoms with Crippen LogP contribution in [0.3, 0.4) is 0 Å². The standard InChI is InChI=1S/C9H21N3O2S/c1-5-12(7-6-8(10)11)15(13,14)9(2,3)4/h5-7H2,1-4H3,(H3,10,11). The van der Waals surface area contributed by atoms with Gasteiger partial charge in [0.1, 0.15) is 0 Å². The largest absolute Gasteiger partial charge is 0.388 e. The third-order valence-corrected chi connectivity index (χ3v) is 4.77. The molecule has 0 rings (SSSR count). The molecule has 0 aromatic rings. The summed E-state index contributed by atoms with van der Waals surface area (Å²) in [5.74, 6) is 0.0116. The fraction of sp³-hybridized carbons (Fsp3) is 0.889. The minimum atomic E-state index is -3.30. The van der Waals surface area contributed by atoms with E-state index in [1.165, 1.54) is 4.31 Å². The van der Waals surface area contributed by atoms with Crippen LogP contribution in [0.2, 0.25) is 0 Å². The lowest BCUT2D eigenvalue weighted by Gasteiger charge is -2.28. The molecule has 3 N–H and O–H groups in total. The molecule has 0 spiro atoms. The predicted molar refractivity (Wildman–Crippen MR) is 62.5 cm³/mol. The number of nitrogens with zero attached hydrogens (tertiary/aromatic N) is 1. The van der Waals surface area contributed by atoms with Gasteiger partial charge in [-0.2, -0.15) is 0 Å². The smallest absolute Gasteiger partial charge is 0.219 e. The minimum absolute atomic E-state index is 0.0116. The molecule has 0 bridgehead atoms. The average molecular weight is 235 g/mol. The molecule has 0 aliphatic heterocycles. The molecule has 0 saturated carbocycles. The lowest BCUT2D eigenvalue weighted by molar-refractivity contribution is 0.416. The molecule has 6 heteroatoms. The van der Waals surface area contributed by atoms with Gasteiger partial charge in [0.05, 0.1) is 10.6 Å². The SMILES string of the molecule is CCN(CCC(=N)N)S(=O)(=O)C(C)(C)C. The number of nitrogens with two attached hydrogens (primary N) is 1. The monoisotopic (exact) mass is 235 g/mol. The number of hydrogen-bond acceptors (Lipinski definition) is 3. The summed E-state index contributed by atoms with van der Waals surface area (Å²) in [5, 5.41) is 7.08. The summed E-state index contributed by atoms with van der Waals surface area (Å²) in [6, 6.07) is 0. The van der Waals surface area contributed by atoms with Crippen molar-refractivity contribution in [1.29, 1.82) is 5.41 Å². The van der Waals surface area contributed by atoms with Gasteiger partial charge in [-0.15, -0.1) is 0 Å². The predicted octanol–water partition coefficient (Wildman–Crippen LogP) is 0.763. The highest BCUT2D eigenvalue weighted by atomic mass is 32.2. The second-order valence-corrected chi connectivity index (χ2v) is 7.08. The number of rotatable bonds is 5. The Bertz CT molecular complexity index is 317.